The first-order valence-electron chi connectivity index (χ1n) is 11.6. The normalized spacial score (nSPS) is 32.0. The maximum atomic E-state index is 13.6. The Morgan fingerprint density at radius 2 is 1.94 bits per heavy atom. The molecule has 2 bridgehead atoms. The first-order valence-corrected chi connectivity index (χ1v) is 12.5. The molecule has 3 saturated heterocycles. The van der Waals surface area contributed by atoms with Crippen molar-refractivity contribution in [2.45, 2.75) is 62.2 Å². The van der Waals surface area contributed by atoms with Gasteiger partial charge in [-0.15, -0.1) is 0 Å². The second-order valence-electron chi connectivity index (χ2n) is 10.1. The summed E-state index contributed by atoms with van der Waals surface area (Å²) < 4.78 is 11.8. The molecule has 3 amide bonds. The Morgan fingerprint density at radius 3 is 2.53 bits per heavy atom. The van der Waals surface area contributed by atoms with E-state index in [4.69, 9.17) is 9.47 Å². The van der Waals surface area contributed by atoms with E-state index in [-0.39, 0.29) is 35.7 Å². The number of hydrogen-bond donors (Lipinski definition) is 3. The zero-order valence-corrected chi connectivity index (χ0v) is 21.4. The maximum Gasteiger partial charge on any atom is 0.246 e. The highest BCUT2D eigenvalue weighted by Crippen LogP contribution is 2.60. The fourth-order valence-corrected chi connectivity index (χ4v) is 6.49. The first-order chi connectivity index (χ1) is 16.0. The molecule has 4 rings (SSSR count). The monoisotopic (exact) mass is 537 g/mol. The highest BCUT2D eigenvalue weighted by molar-refractivity contribution is 9.09. The van der Waals surface area contributed by atoms with E-state index in [1.807, 2.05) is 27.7 Å². The highest BCUT2D eigenvalue weighted by Gasteiger charge is 2.76. The molecule has 3 N–H and O–H groups in total. The highest BCUT2D eigenvalue weighted by atomic mass is 79.9. The summed E-state index contributed by atoms with van der Waals surface area (Å²) in [6.07, 6.45) is -0.122. The minimum Gasteiger partial charge on any atom is -0.494 e. The molecule has 0 aliphatic carbocycles. The molecule has 3 unspecified atom stereocenters. The van der Waals surface area contributed by atoms with Gasteiger partial charge in [-0.3, -0.25) is 14.4 Å². The van der Waals surface area contributed by atoms with E-state index in [0.29, 0.717) is 24.5 Å². The van der Waals surface area contributed by atoms with E-state index in [0.717, 1.165) is 0 Å². The van der Waals surface area contributed by atoms with Crippen LogP contribution in [0.4, 0.5) is 5.69 Å². The molecule has 3 aliphatic rings. The number of rotatable bonds is 7. The number of benzene rings is 1. The number of alkyl halides is 1. The van der Waals surface area contributed by atoms with Crippen LogP contribution in [0.25, 0.3) is 0 Å². The van der Waals surface area contributed by atoms with Crippen molar-refractivity contribution in [3.8, 4) is 5.75 Å². The number of ether oxygens (including phenoxy) is 2. The fraction of sp³-hybridized carbons (Fsp3) is 0.625. The molecule has 1 aromatic carbocycles. The third kappa shape index (κ3) is 4.20. The largest absolute Gasteiger partial charge is 0.494 e. The number of carbonyl (C=O) groups excluding carboxylic acids is 3. The van der Waals surface area contributed by atoms with Crippen LogP contribution in [-0.2, 0) is 19.1 Å². The molecule has 6 atom stereocenters. The van der Waals surface area contributed by atoms with Crippen molar-refractivity contribution in [3.05, 3.63) is 24.3 Å². The smallest absolute Gasteiger partial charge is 0.246 e. The summed E-state index contributed by atoms with van der Waals surface area (Å²) in [6.45, 7) is 7.72. The Labute approximate surface area is 207 Å². The van der Waals surface area contributed by atoms with Gasteiger partial charge in [0.15, 0.2) is 0 Å². The summed E-state index contributed by atoms with van der Waals surface area (Å²) in [5.74, 6) is -1.90. The zero-order valence-electron chi connectivity index (χ0n) is 19.8. The number of fused-ring (bicyclic) bond motifs is 1. The van der Waals surface area contributed by atoms with Gasteiger partial charge < -0.3 is 30.1 Å². The Bertz CT molecular complexity index is 964. The number of hydrogen-bond acceptors (Lipinski definition) is 6. The van der Waals surface area contributed by atoms with E-state index in [9.17, 15) is 19.5 Å². The Hall–Kier alpha value is -2.17. The van der Waals surface area contributed by atoms with Crippen molar-refractivity contribution in [2.75, 3.05) is 25.1 Å². The van der Waals surface area contributed by atoms with Crippen molar-refractivity contribution in [1.82, 2.24) is 10.2 Å². The van der Waals surface area contributed by atoms with E-state index < -0.39 is 35.1 Å². The van der Waals surface area contributed by atoms with E-state index >= 15 is 0 Å². The second-order valence-corrected chi connectivity index (χ2v) is 11.3. The van der Waals surface area contributed by atoms with Crippen LogP contribution in [0.5, 0.6) is 5.75 Å². The van der Waals surface area contributed by atoms with Crippen molar-refractivity contribution >= 4 is 39.3 Å². The maximum absolute atomic E-state index is 13.6. The summed E-state index contributed by atoms with van der Waals surface area (Å²) in [5, 5.41) is 15.5. The number of amides is 3. The van der Waals surface area contributed by atoms with E-state index in [1.54, 1.807) is 24.3 Å². The molecule has 34 heavy (non-hydrogen) atoms. The Morgan fingerprint density at radius 1 is 1.26 bits per heavy atom. The molecular formula is C24H32BrN3O6. The van der Waals surface area contributed by atoms with Gasteiger partial charge in [0.25, 0.3) is 0 Å². The standard InChI is InChI=1S/C24H32BrN3O6/c1-5-33-14-8-6-13(7-9-14)26-20(30)16-17-22(32)28(10-11-29)19(21(31)27-23(2,3)4)24(17)12-15(25)18(16)34-24/h6-9,15-19,29H,5,10-12H2,1-4H3,(H,26,30)(H,27,31)/t15?,16-,17+,18-,19?,24?/m1/s1. The number of nitrogens with zero attached hydrogens (tertiary/aromatic N) is 1. The molecule has 10 heteroatoms. The summed E-state index contributed by atoms with van der Waals surface area (Å²) in [7, 11) is 0. The molecule has 1 spiro atoms. The van der Waals surface area contributed by atoms with Gasteiger partial charge in [0.2, 0.25) is 17.7 Å². The predicted octanol–water partition coefficient (Wildman–Crippen LogP) is 1.68. The molecule has 3 aliphatic heterocycles. The number of likely N-dealkylation sites (tertiary alicyclic amines) is 1. The van der Waals surface area contributed by atoms with Crippen LogP contribution in [0, 0.1) is 11.8 Å². The number of carbonyl (C=O) groups is 3. The van der Waals surface area contributed by atoms with Gasteiger partial charge >= 0.3 is 0 Å². The van der Waals surface area contributed by atoms with Gasteiger partial charge in [0, 0.05) is 22.6 Å². The number of aliphatic hydroxyl groups excluding tert-OH is 1. The van der Waals surface area contributed by atoms with Gasteiger partial charge in [-0.1, -0.05) is 15.9 Å². The molecule has 0 aromatic heterocycles. The predicted molar refractivity (Wildman–Crippen MR) is 129 cm³/mol. The summed E-state index contributed by atoms with van der Waals surface area (Å²) in [6, 6.07) is 6.09. The lowest BCUT2D eigenvalue weighted by Crippen LogP contribution is -2.58. The minimum atomic E-state index is -1.14. The fourth-order valence-electron chi connectivity index (χ4n) is 5.54. The summed E-state index contributed by atoms with van der Waals surface area (Å²) in [4.78, 5) is 41.6. The molecular weight excluding hydrogens is 506 g/mol. The lowest BCUT2D eigenvalue weighted by molar-refractivity contribution is -0.142. The summed E-state index contributed by atoms with van der Waals surface area (Å²) >= 11 is 3.63. The number of anilines is 1. The number of nitrogens with one attached hydrogen (secondary N) is 2. The molecule has 186 valence electrons. The van der Waals surface area contributed by atoms with Crippen LogP contribution < -0.4 is 15.4 Å². The molecule has 3 fully saturated rings. The molecule has 0 radical (unpaired) electrons. The van der Waals surface area contributed by atoms with Crippen LogP contribution >= 0.6 is 15.9 Å². The lowest BCUT2D eigenvalue weighted by Gasteiger charge is -2.35. The molecule has 0 saturated carbocycles. The van der Waals surface area contributed by atoms with E-state index in [2.05, 4.69) is 26.6 Å². The number of halogens is 1. The van der Waals surface area contributed by atoms with E-state index in [1.165, 1.54) is 4.90 Å². The topological polar surface area (TPSA) is 117 Å². The third-order valence-electron chi connectivity index (χ3n) is 6.61. The number of β-amino-alcohol motifs (C(OH)–C–C–N with tert-alkyl or cyclic N) is 1. The molecule has 1 aromatic rings. The molecule has 9 nitrogen and oxygen atoms in total. The van der Waals surface area contributed by atoms with Crippen LogP contribution in [0.3, 0.4) is 0 Å². The van der Waals surface area contributed by atoms with Crippen molar-refractivity contribution in [2.24, 2.45) is 11.8 Å². The van der Waals surface area contributed by atoms with Crippen LogP contribution in [-0.4, -0.2) is 75.6 Å². The SMILES string of the molecule is CCOc1ccc(NC(=O)[C@H]2[C@@H]3OC4(CC3Br)C(C(=O)NC(C)(C)C)N(CCO)C(=O)[C@H]24)cc1. The van der Waals surface area contributed by atoms with Gasteiger partial charge in [0.05, 0.1) is 31.2 Å². The van der Waals surface area contributed by atoms with Gasteiger partial charge in [-0.2, -0.15) is 0 Å². The Kier molecular flexibility index (Phi) is 6.69. The Balaban J connectivity index is 1.64. The van der Waals surface area contributed by atoms with Crippen LogP contribution in [0.2, 0.25) is 0 Å². The summed E-state index contributed by atoms with van der Waals surface area (Å²) in [5.41, 5.74) is -1.08. The lowest BCUT2D eigenvalue weighted by atomic mass is 9.70. The van der Waals surface area contributed by atoms with Gasteiger partial charge in [0.1, 0.15) is 17.4 Å². The van der Waals surface area contributed by atoms with Crippen molar-refractivity contribution in [1.29, 1.82) is 0 Å². The quantitative estimate of drug-likeness (QED) is 0.455. The number of aliphatic hydroxyl groups is 1. The third-order valence-corrected chi connectivity index (χ3v) is 7.46. The van der Waals surface area contributed by atoms with Crippen LogP contribution in [0.1, 0.15) is 34.1 Å². The average molecular weight is 538 g/mol. The van der Waals surface area contributed by atoms with Gasteiger partial charge in [-0.25, -0.2) is 0 Å². The molecule has 3 heterocycles. The first kappa shape index (κ1) is 24.9. The minimum absolute atomic E-state index is 0.00643. The van der Waals surface area contributed by atoms with Gasteiger partial charge in [-0.05, 0) is 58.4 Å². The average Bonchev–Trinajstić information content (AvgIpc) is 3.32. The van der Waals surface area contributed by atoms with Crippen molar-refractivity contribution in [3.63, 3.8) is 0 Å². The zero-order chi connectivity index (χ0) is 24.8. The van der Waals surface area contributed by atoms with Crippen LogP contribution in [0.15, 0.2) is 24.3 Å². The van der Waals surface area contributed by atoms with Crippen molar-refractivity contribution < 1.29 is 29.0 Å². The second kappa shape index (κ2) is 9.13.